The van der Waals surface area contributed by atoms with Crippen LogP contribution in [0.3, 0.4) is 0 Å². The predicted octanol–water partition coefficient (Wildman–Crippen LogP) is 2.43. The summed E-state index contributed by atoms with van der Waals surface area (Å²) in [6.45, 7) is 7.94. The van der Waals surface area contributed by atoms with Crippen LogP contribution >= 0.6 is 0 Å². The lowest BCUT2D eigenvalue weighted by Gasteiger charge is -2.12. The Hall–Kier alpha value is -2.50. The maximum absolute atomic E-state index is 5.65. The first-order chi connectivity index (χ1) is 11.8. The van der Waals surface area contributed by atoms with Crippen LogP contribution in [0.25, 0.3) is 0 Å². The Labute approximate surface area is 144 Å². The van der Waals surface area contributed by atoms with Gasteiger partial charge in [0.1, 0.15) is 5.75 Å². The van der Waals surface area contributed by atoms with Crippen LogP contribution in [0.4, 0.5) is 0 Å². The highest BCUT2D eigenvalue weighted by molar-refractivity contribution is 5.79. The van der Waals surface area contributed by atoms with Gasteiger partial charge in [-0.15, -0.1) is 0 Å². The number of hydrogen-bond donors (Lipinski definition) is 2. The lowest BCUT2D eigenvalue weighted by atomic mass is 10.2. The van der Waals surface area contributed by atoms with E-state index in [4.69, 9.17) is 4.74 Å². The molecule has 2 aromatic rings. The lowest BCUT2D eigenvalue weighted by molar-refractivity contribution is 0.336. The minimum absolute atomic E-state index is 0.590. The summed E-state index contributed by atoms with van der Waals surface area (Å²) in [6.07, 6.45) is 6.62. The molecular formula is C18H27N5O. The molecular weight excluding hydrogens is 302 g/mol. The Morgan fingerprint density at radius 3 is 2.88 bits per heavy atom. The zero-order valence-electron chi connectivity index (χ0n) is 14.5. The summed E-state index contributed by atoms with van der Waals surface area (Å²) in [5, 5.41) is 6.65. The smallest absolute Gasteiger partial charge is 0.191 e. The molecule has 6 heteroatoms. The van der Waals surface area contributed by atoms with Crippen LogP contribution < -0.4 is 15.4 Å². The van der Waals surface area contributed by atoms with Crippen LogP contribution in [-0.2, 0) is 13.1 Å². The lowest BCUT2D eigenvalue weighted by Crippen LogP contribution is -2.38. The highest BCUT2D eigenvalue weighted by atomic mass is 16.5. The van der Waals surface area contributed by atoms with Crippen molar-refractivity contribution in [1.29, 1.82) is 0 Å². The molecule has 2 rings (SSSR count). The van der Waals surface area contributed by atoms with Crippen molar-refractivity contribution in [2.24, 2.45) is 4.99 Å². The number of aryl methyl sites for hydroxylation is 1. The maximum Gasteiger partial charge on any atom is 0.191 e. The molecule has 1 aromatic heterocycles. The summed E-state index contributed by atoms with van der Waals surface area (Å²) in [5.74, 6) is 1.73. The van der Waals surface area contributed by atoms with E-state index in [-0.39, 0.29) is 0 Å². The molecule has 0 saturated carbocycles. The highest BCUT2D eigenvalue weighted by Gasteiger charge is 2.03. The first kappa shape index (κ1) is 17.8. The van der Waals surface area contributed by atoms with E-state index in [0.717, 1.165) is 43.3 Å². The largest absolute Gasteiger partial charge is 0.494 e. The molecule has 0 unspecified atom stereocenters. The van der Waals surface area contributed by atoms with Crippen molar-refractivity contribution in [3.8, 4) is 5.75 Å². The van der Waals surface area contributed by atoms with E-state index in [1.54, 1.807) is 6.20 Å². The van der Waals surface area contributed by atoms with Crippen molar-refractivity contribution in [3.63, 3.8) is 0 Å². The van der Waals surface area contributed by atoms with Crippen molar-refractivity contribution in [1.82, 2.24) is 20.2 Å². The predicted molar refractivity (Wildman–Crippen MR) is 97.3 cm³/mol. The molecule has 0 aliphatic rings. The fourth-order valence-electron chi connectivity index (χ4n) is 2.32. The van der Waals surface area contributed by atoms with Gasteiger partial charge in [0, 0.05) is 37.6 Å². The van der Waals surface area contributed by atoms with Crippen molar-refractivity contribution < 1.29 is 4.74 Å². The second-order valence-electron chi connectivity index (χ2n) is 5.32. The fraction of sp³-hybridized carbons (Fsp3) is 0.444. The molecule has 2 N–H and O–H groups in total. The molecule has 0 amide bonds. The molecule has 0 atom stereocenters. The maximum atomic E-state index is 5.65. The van der Waals surface area contributed by atoms with Gasteiger partial charge in [0.2, 0.25) is 0 Å². The number of guanidine groups is 1. The Morgan fingerprint density at radius 1 is 1.25 bits per heavy atom. The number of para-hydroxylation sites is 1. The van der Waals surface area contributed by atoms with E-state index >= 15 is 0 Å². The third-order valence-corrected chi connectivity index (χ3v) is 3.47. The minimum Gasteiger partial charge on any atom is -0.494 e. The Kier molecular flexibility index (Phi) is 7.67. The molecule has 0 fully saturated rings. The number of benzene rings is 1. The second-order valence-corrected chi connectivity index (χ2v) is 5.32. The van der Waals surface area contributed by atoms with E-state index < -0.39 is 0 Å². The van der Waals surface area contributed by atoms with E-state index in [2.05, 4.69) is 38.2 Å². The van der Waals surface area contributed by atoms with Gasteiger partial charge in [0.15, 0.2) is 5.96 Å². The summed E-state index contributed by atoms with van der Waals surface area (Å²) >= 11 is 0. The molecule has 6 nitrogen and oxygen atoms in total. The van der Waals surface area contributed by atoms with E-state index in [9.17, 15) is 0 Å². The molecule has 24 heavy (non-hydrogen) atoms. The van der Waals surface area contributed by atoms with Gasteiger partial charge in [-0.3, -0.25) is 0 Å². The van der Waals surface area contributed by atoms with Crippen LogP contribution in [0.15, 0.2) is 48.0 Å². The van der Waals surface area contributed by atoms with Gasteiger partial charge in [-0.1, -0.05) is 18.2 Å². The zero-order valence-corrected chi connectivity index (χ0v) is 14.5. The van der Waals surface area contributed by atoms with Gasteiger partial charge in [0.05, 0.1) is 19.5 Å². The third-order valence-electron chi connectivity index (χ3n) is 3.47. The monoisotopic (exact) mass is 329 g/mol. The molecule has 130 valence electrons. The van der Waals surface area contributed by atoms with Gasteiger partial charge in [-0.05, 0) is 26.3 Å². The van der Waals surface area contributed by atoms with E-state index in [1.165, 1.54) is 0 Å². The SMILES string of the molecule is CCNC(=NCc1ccccc1OCC)NCCCn1ccnc1. The Bertz CT molecular complexity index is 610. The summed E-state index contributed by atoms with van der Waals surface area (Å²) in [6, 6.07) is 8.04. The van der Waals surface area contributed by atoms with Gasteiger partial charge >= 0.3 is 0 Å². The quantitative estimate of drug-likeness (QED) is 0.421. The number of ether oxygens (including phenoxy) is 1. The summed E-state index contributed by atoms with van der Waals surface area (Å²) in [7, 11) is 0. The van der Waals surface area contributed by atoms with Gasteiger partial charge in [-0.2, -0.15) is 0 Å². The summed E-state index contributed by atoms with van der Waals surface area (Å²) in [5.41, 5.74) is 1.09. The number of rotatable bonds is 9. The van der Waals surface area contributed by atoms with Crippen LogP contribution in [0.1, 0.15) is 25.8 Å². The number of nitrogens with zero attached hydrogens (tertiary/aromatic N) is 3. The number of hydrogen-bond acceptors (Lipinski definition) is 3. The molecule has 0 radical (unpaired) electrons. The Morgan fingerprint density at radius 2 is 2.12 bits per heavy atom. The molecule has 0 spiro atoms. The van der Waals surface area contributed by atoms with E-state index in [1.807, 2.05) is 37.6 Å². The Balaban J connectivity index is 1.85. The van der Waals surface area contributed by atoms with Crippen LogP contribution in [0.2, 0.25) is 0 Å². The van der Waals surface area contributed by atoms with Crippen molar-refractivity contribution in [2.45, 2.75) is 33.4 Å². The van der Waals surface area contributed by atoms with Crippen molar-refractivity contribution in [2.75, 3.05) is 19.7 Å². The minimum atomic E-state index is 0.590. The van der Waals surface area contributed by atoms with Crippen LogP contribution in [0.5, 0.6) is 5.75 Å². The van der Waals surface area contributed by atoms with Crippen molar-refractivity contribution in [3.05, 3.63) is 48.5 Å². The van der Waals surface area contributed by atoms with Crippen molar-refractivity contribution >= 4 is 5.96 Å². The fourth-order valence-corrected chi connectivity index (χ4v) is 2.32. The molecule has 0 saturated heterocycles. The molecule has 0 bridgehead atoms. The summed E-state index contributed by atoms with van der Waals surface area (Å²) in [4.78, 5) is 8.70. The molecule has 1 aromatic carbocycles. The van der Waals surface area contributed by atoms with Crippen LogP contribution in [-0.4, -0.2) is 35.2 Å². The van der Waals surface area contributed by atoms with Gasteiger partial charge in [-0.25, -0.2) is 9.98 Å². The second kappa shape index (κ2) is 10.3. The zero-order chi connectivity index (χ0) is 17.0. The van der Waals surface area contributed by atoms with E-state index in [0.29, 0.717) is 13.2 Å². The van der Waals surface area contributed by atoms with Gasteiger partial charge < -0.3 is 19.9 Å². The molecule has 0 aliphatic heterocycles. The third kappa shape index (κ3) is 5.95. The van der Waals surface area contributed by atoms with Gasteiger partial charge in [0.25, 0.3) is 0 Å². The number of nitrogens with one attached hydrogen (secondary N) is 2. The standard InChI is InChI=1S/C18H27N5O/c1-3-20-18(21-10-7-12-23-13-11-19-15-23)22-14-16-8-5-6-9-17(16)24-4-2/h5-6,8-9,11,13,15H,3-4,7,10,12,14H2,1-2H3,(H2,20,21,22). The first-order valence-corrected chi connectivity index (χ1v) is 8.52. The normalized spacial score (nSPS) is 11.3. The highest BCUT2D eigenvalue weighted by Crippen LogP contribution is 2.18. The number of imidazole rings is 1. The number of aromatic nitrogens is 2. The number of aliphatic imine (C=N–C) groups is 1. The molecule has 1 heterocycles. The average molecular weight is 329 g/mol. The molecule has 0 aliphatic carbocycles. The first-order valence-electron chi connectivity index (χ1n) is 8.52. The summed E-state index contributed by atoms with van der Waals surface area (Å²) < 4.78 is 7.72. The topological polar surface area (TPSA) is 63.5 Å². The average Bonchev–Trinajstić information content (AvgIpc) is 3.11. The van der Waals surface area contributed by atoms with Crippen LogP contribution in [0, 0.1) is 0 Å².